The second kappa shape index (κ2) is 6.60. The standard InChI is InChI=1S/C17H15NO3/c1-12-9-13(3-2-8-19)11-15(10-12)18-17(21)14-4-6-16(20)7-5-14/h4-7,9-11,19-20H,8H2,1H3,(H,18,21). The molecule has 0 aliphatic heterocycles. The molecule has 0 saturated carbocycles. The van der Waals surface area contributed by atoms with E-state index in [1.54, 1.807) is 18.2 Å². The highest BCUT2D eigenvalue weighted by Crippen LogP contribution is 2.16. The van der Waals surface area contributed by atoms with E-state index < -0.39 is 0 Å². The van der Waals surface area contributed by atoms with Crippen LogP contribution in [0.3, 0.4) is 0 Å². The van der Waals surface area contributed by atoms with Gasteiger partial charge in [-0.25, -0.2) is 0 Å². The number of nitrogens with one attached hydrogen (secondary N) is 1. The average molecular weight is 281 g/mol. The van der Waals surface area contributed by atoms with Gasteiger partial charge in [-0.05, 0) is 55.0 Å². The fraction of sp³-hybridized carbons (Fsp3) is 0.118. The zero-order chi connectivity index (χ0) is 15.2. The first-order valence-corrected chi connectivity index (χ1v) is 6.40. The normalized spacial score (nSPS) is 9.62. The molecule has 1 amide bonds. The minimum atomic E-state index is -0.262. The number of amides is 1. The van der Waals surface area contributed by atoms with Gasteiger partial charge in [0.1, 0.15) is 12.4 Å². The van der Waals surface area contributed by atoms with Gasteiger partial charge >= 0.3 is 0 Å². The molecule has 0 spiro atoms. The first-order chi connectivity index (χ1) is 10.1. The first-order valence-electron chi connectivity index (χ1n) is 6.40. The summed E-state index contributed by atoms with van der Waals surface area (Å²) < 4.78 is 0. The second-order valence-corrected chi connectivity index (χ2v) is 4.55. The number of hydrogen-bond acceptors (Lipinski definition) is 3. The number of anilines is 1. The van der Waals surface area contributed by atoms with Gasteiger partial charge in [0.2, 0.25) is 0 Å². The molecule has 0 unspecified atom stereocenters. The van der Waals surface area contributed by atoms with Crippen LogP contribution in [0.2, 0.25) is 0 Å². The molecule has 2 aromatic rings. The van der Waals surface area contributed by atoms with Crippen molar-refractivity contribution in [3.05, 3.63) is 59.2 Å². The van der Waals surface area contributed by atoms with Crippen LogP contribution in [0.1, 0.15) is 21.5 Å². The van der Waals surface area contributed by atoms with Gasteiger partial charge in [-0.15, -0.1) is 0 Å². The summed E-state index contributed by atoms with van der Waals surface area (Å²) in [5.74, 6) is 5.24. The summed E-state index contributed by atoms with van der Waals surface area (Å²) in [5.41, 5.74) is 2.78. The fourth-order valence-corrected chi connectivity index (χ4v) is 1.89. The van der Waals surface area contributed by atoms with Gasteiger partial charge in [-0.3, -0.25) is 4.79 Å². The largest absolute Gasteiger partial charge is 0.508 e. The van der Waals surface area contributed by atoms with E-state index in [0.29, 0.717) is 11.3 Å². The lowest BCUT2D eigenvalue weighted by molar-refractivity contribution is 0.102. The van der Waals surface area contributed by atoms with Crippen molar-refractivity contribution < 1.29 is 15.0 Å². The van der Waals surface area contributed by atoms with E-state index in [1.807, 2.05) is 19.1 Å². The Labute approximate surface area is 123 Å². The number of phenols is 1. The molecule has 4 heteroatoms. The van der Waals surface area contributed by atoms with Crippen LogP contribution in [-0.2, 0) is 0 Å². The molecule has 0 aliphatic rings. The second-order valence-electron chi connectivity index (χ2n) is 4.55. The Balaban J connectivity index is 2.20. The van der Waals surface area contributed by atoms with Crippen LogP contribution in [0.25, 0.3) is 0 Å². The lowest BCUT2D eigenvalue weighted by Gasteiger charge is -2.07. The van der Waals surface area contributed by atoms with Crippen LogP contribution in [0, 0.1) is 18.8 Å². The summed E-state index contributed by atoms with van der Waals surface area (Å²) in [6.07, 6.45) is 0. The summed E-state index contributed by atoms with van der Waals surface area (Å²) in [7, 11) is 0. The predicted molar refractivity (Wildman–Crippen MR) is 81.2 cm³/mol. The van der Waals surface area contributed by atoms with E-state index in [0.717, 1.165) is 11.1 Å². The molecule has 3 N–H and O–H groups in total. The van der Waals surface area contributed by atoms with Crippen LogP contribution in [-0.4, -0.2) is 22.7 Å². The number of aromatic hydroxyl groups is 1. The van der Waals surface area contributed by atoms with E-state index in [1.165, 1.54) is 12.1 Å². The van der Waals surface area contributed by atoms with Gasteiger partial charge < -0.3 is 15.5 Å². The Hall–Kier alpha value is -2.77. The zero-order valence-corrected chi connectivity index (χ0v) is 11.6. The lowest BCUT2D eigenvalue weighted by atomic mass is 10.1. The van der Waals surface area contributed by atoms with Crippen LogP contribution >= 0.6 is 0 Å². The average Bonchev–Trinajstić information content (AvgIpc) is 2.45. The summed E-state index contributed by atoms with van der Waals surface area (Å²) in [6.45, 7) is 1.70. The summed E-state index contributed by atoms with van der Waals surface area (Å²) >= 11 is 0. The number of carbonyl (C=O) groups excluding carboxylic acids is 1. The molecule has 2 rings (SSSR count). The van der Waals surface area contributed by atoms with Gasteiger partial charge in [0.05, 0.1) is 0 Å². The number of benzene rings is 2. The van der Waals surface area contributed by atoms with Gasteiger partial charge in [0, 0.05) is 16.8 Å². The summed E-state index contributed by atoms with van der Waals surface area (Å²) in [5, 5.41) is 20.7. The Kier molecular flexibility index (Phi) is 4.60. The summed E-state index contributed by atoms with van der Waals surface area (Å²) in [4.78, 5) is 12.1. The van der Waals surface area contributed by atoms with Crippen LogP contribution in [0.4, 0.5) is 5.69 Å². The van der Waals surface area contributed by atoms with Crippen molar-refractivity contribution in [1.82, 2.24) is 0 Å². The van der Waals surface area contributed by atoms with E-state index >= 15 is 0 Å². The molecular weight excluding hydrogens is 266 g/mol. The third kappa shape index (κ3) is 4.10. The van der Waals surface area contributed by atoms with Crippen LogP contribution < -0.4 is 5.32 Å². The maximum absolute atomic E-state index is 12.1. The quantitative estimate of drug-likeness (QED) is 0.740. The predicted octanol–water partition coefficient (Wildman–Crippen LogP) is 2.30. The molecule has 0 saturated heterocycles. The SMILES string of the molecule is Cc1cc(C#CCO)cc(NC(=O)c2ccc(O)cc2)c1. The van der Waals surface area contributed by atoms with Crippen molar-refractivity contribution in [2.75, 3.05) is 11.9 Å². The van der Waals surface area contributed by atoms with E-state index in [9.17, 15) is 9.90 Å². The highest BCUT2D eigenvalue weighted by Gasteiger charge is 2.06. The molecule has 0 fully saturated rings. The molecule has 0 aromatic heterocycles. The minimum absolute atomic E-state index is 0.115. The number of aliphatic hydroxyl groups excluding tert-OH is 1. The number of aryl methyl sites for hydroxylation is 1. The van der Waals surface area contributed by atoms with Gasteiger partial charge in [-0.1, -0.05) is 11.8 Å². The molecule has 0 atom stereocenters. The van der Waals surface area contributed by atoms with Gasteiger partial charge in [0.25, 0.3) is 5.91 Å². The number of carbonyl (C=O) groups is 1. The number of hydrogen-bond donors (Lipinski definition) is 3. The molecule has 0 heterocycles. The molecule has 2 aromatic carbocycles. The fourth-order valence-electron chi connectivity index (χ4n) is 1.89. The lowest BCUT2D eigenvalue weighted by Crippen LogP contribution is -2.11. The highest BCUT2D eigenvalue weighted by molar-refractivity contribution is 6.04. The summed E-state index contributed by atoms with van der Waals surface area (Å²) in [6, 6.07) is 11.5. The van der Waals surface area contributed by atoms with Crippen molar-refractivity contribution in [3.8, 4) is 17.6 Å². The zero-order valence-electron chi connectivity index (χ0n) is 11.6. The maximum atomic E-state index is 12.1. The van der Waals surface area contributed by atoms with E-state index in [-0.39, 0.29) is 18.3 Å². The molecule has 21 heavy (non-hydrogen) atoms. The Bertz CT molecular complexity index is 709. The number of rotatable bonds is 2. The van der Waals surface area contributed by atoms with E-state index in [4.69, 9.17) is 5.11 Å². The Morgan fingerprint density at radius 2 is 1.90 bits per heavy atom. The van der Waals surface area contributed by atoms with Crippen molar-refractivity contribution >= 4 is 11.6 Å². The van der Waals surface area contributed by atoms with Crippen LogP contribution in [0.5, 0.6) is 5.75 Å². The van der Waals surface area contributed by atoms with Crippen molar-refractivity contribution in [1.29, 1.82) is 0 Å². The van der Waals surface area contributed by atoms with Gasteiger partial charge in [0.15, 0.2) is 0 Å². The third-order valence-corrected chi connectivity index (χ3v) is 2.78. The topological polar surface area (TPSA) is 69.6 Å². The molecule has 0 bridgehead atoms. The molecule has 0 radical (unpaired) electrons. The third-order valence-electron chi connectivity index (χ3n) is 2.78. The van der Waals surface area contributed by atoms with Crippen molar-refractivity contribution in [2.24, 2.45) is 0 Å². The van der Waals surface area contributed by atoms with Crippen LogP contribution in [0.15, 0.2) is 42.5 Å². The monoisotopic (exact) mass is 281 g/mol. The minimum Gasteiger partial charge on any atom is -0.508 e. The number of aliphatic hydroxyl groups is 1. The van der Waals surface area contributed by atoms with Crippen molar-refractivity contribution in [2.45, 2.75) is 6.92 Å². The molecular formula is C17H15NO3. The molecule has 0 aliphatic carbocycles. The Morgan fingerprint density at radius 1 is 1.19 bits per heavy atom. The maximum Gasteiger partial charge on any atom is 0.255 e. The van der Waals surface area contributed by atoms with Gasteiger partial charge in [-0.2, -0.15) is 0 Å². The smallest absolute Gasteiger partial charge is 0.255 e. The highest BCUT2D eigenvalue weighted by atomic mass is 16.3. The van der Waals surface area contributed by atoms with Crippen molar-refractivity contribution in [3.63, 3.8) is 0 Å². The molecule has 106 valence electrons. The first kappa shape index (κ1) is 14.6. The molecule has 4 nitrogen and oxygen atoms in total. The number of phenolic OH excluding ortho intramolecular Hbond substituents is 1. The van der Waals surface area contributed by atoms with E-state index in [2.05, 4.69) is 17.2 Å². The Morgan fingerprint density at radius 3 is 2.57 bits per heavy atom.